The molecule has 0 bridgehead atoms. The third kappa shape index (κ3) is 4.08. The Labute approximate surface area is 151 Å². The van der Waals surface area contributed by atoms with E-state index < -0.39 is 10.0 Å². The summed E-state index contributed by atoms with van der Waals surface area (Å²) >= 11 is 0. The highest BCUT2D eigenvalue weighted by molar-refractivity contribution is 7.89. The quantitative estimate of drug-likeness (QED) is 0.685. The summed E-state index contributed by atoms with van der Waals surface area (Å²) in [6.45, 7) is 4.07. The van der Waals surface area contributed by atoms with Gasteiger partial charge in [0, 0.05) is 26.3 Å². The monoisotopic (exact) mass is 383 g/mol. The van der Waals surface area contributed by atoms with Crippen molar-refractivity contribution < 1.29 is 17.9 Å². The van der Waals surface area contributed by atoms with Crippen molar-refractivity contribution in [1.82, 2.24) is 29.2 Å². The van der Waals surface area contributed by atoms with Gasteiger partial charge < -0.3 is 18.9 Å². The number of ether oxygens (including phenoxy) is 2. The molecule has 3 rings (SSSR count). The van der Waals surface area contributed by atoms with Crippen LogP contribution in [0.3, 0.4) is 0 Å². The van der Waals surface area contributed by atoms with E-state index in [1.807, 2.05) is 4.90 Å². The van der Waals surface area contributed by atoms with Crippen molar-refractivity contribution in [2.75, 3.05) is 38.3 Å². The van der Waals surface area contributed by atoms with Crippen LogP contribution >= 0.6 is 0 Å². The Hall–Kier alpha value is -2.31. The average molecular weight is 383 g/mol. The Kier molecular flexibility index (Phi) is 5.34. The number of hydrogen-bond donors (Lipinski definition) is 1. The molecule has 0 unspecified atom stereocenters. The van der Waals surface area contributed by atoms with Crippen LogP contribution in [0.4, 0.5) is 5.95 Å². The topological polar surface area (TPSA) is 124 Å². The minimum Gasteiger partial charge on any atom is -0.467 e. The van der Waals surface area contributed by atoms with Gasteiger partial charge in [-0.15, -0.1) is 0 Å². The van der Waals surface area contributed by atoms with Gasteiger partial charge in [-0.05, 0) is 6.92 Å². The summed E-state index contributed by atoms with van der Waals surface area (Å²) in [4.78, 5) is 18.6. The number of aromatic nitrogens is 5. The van der Waals surface area contributed by atoms with E-state index in [0.717, 1.165) is 0 Å². The van der Waals surface area contributed by atoms with E-state index in [9.17, 15) is 8.42 Å². The first-order chi connectivity index (χ1) is 12.4. The molecule has 142 valence electrons. The summed E-state index contributed by atoms with van der Waals surface area (Å²) in [7, 11) is -0.598. The fraction of sp³-hybridized carbons (Fsp3) is 0.571. The normalized spacial score (nSPS) is 15.3. The first kappa shape index (κ1) is 18.5. The van der Waals surface area contributed by atoms with E-state index in [0.29, 0.717) is 38.1 Å². The Balaban J connectivity index is 1.78. The molecule has 1 aliphatic rings. The molecule has 0 spiro atoms. The second-order valence-electron chi connectivity index (χ2n) is 5.70. The van der Waals surface area contributed by atoms with Crippen LogP contribution in [0, 0.1) is 6.92 Å². The Morgan fingerprint density at radius 2 is 1.96 bits per heavy atom. The Bertz CT molecular complexity index is 858. The largest absolute Gasteiger partial charge is 0.467 e. The molecule has 1 aliphatic heterocycles. The van der Waals surface area contributed by atoms with E-state index >= 15 is 0 Å². The molecule has 1 saturated heterocycles. The van der Waals surface area contributed by atoms with Gasteiger partial charge in [-0.3, -0.25) is 0 Å². The lowest BCUT2D eigenvalue weighted by atomic mass is 10.4. The molecule has 0 aromatic carbocycles. The lowest BCUT2D eigenvalue weighted by molar-refractivity contribution is 0.122. The zero-order valence-corrected chi connectivity index (χ0v) is 15.7. The lowest BCUT2D eigenvalue weighted by Gasteiger charge is -2.26. The number of morpholine rings is 1. The van der Waals surface area contributed by atoms with Gasteiger partial charge in [0.25, 0.3) is 10.0 Å². The summed E-state index contributed by atoms with van der Waals surface area (Å²) in [5.41, 5.74) is 0. The molecule has 12 heteroatoms. The fourth-order valence-corrected chi connectivity index (χ4v) is 3.37. The molecule has 0 amide bonds. The molecular formula is C14H21N7O4S. The predicted molar refractivity (Wildman–Crippen MR) is 91.4 cm³/mol. The Morgan fingerprint density at radius 3 is 2.58 bits per heavy atom. The lowest BCUT2D eigenvalue weighted by Crippen LogP contribution is -2.37. The van der Waals surface area contributed by atoms with Gasteiger partial charge in [-0.2, -0.15) is 15.0 Å². The summed E-state index contributed by atoms with van der Waals surface area (Å²) in [5.74, 6) is 1.29. The van der Waals surface area contributed by atoms with E-state index in [2.05, 4.69) is 24.7 Å². The number of sulfonamides is 1. The molecule has 2 aromatic heterocycles. The second kappa shape index (κ2) is 7.51. The molecule has 1 fully saturated rings. The molecule has 0 radical (unpaired) electrons. The summed E-state index contributed by atoms with van der Waals surface area (Å²) in [6, 6.07) is 0.129. The van der Waals surface area contributed by atoms with Crippen molar-refractivity contribution in [3.63, 3.8) is 0 Å². The van der Waals surface area contributed by atoms with Gasteiger partial charge in [0.15, 0.2) is 10.9 Å². The van der Waals surface area contributed by atoms with Crippen LogP contribution in [-0.2, 0) is 28.4 Å². The van der Waals surface area contributed by atoms with Crippen molar-refractivity contribution in [2.24, 2.45) is 7.05 Å². The highest BCUT2D eigenvalue weighted by Crippen LogP contribution is 2.14. The number of imidazole rings is 1. The molecule has 2 aromatic rings. The van der Waals surface area contributed by atoms with Gasteiger partial charge in [0.05, 0.1) is 26.9 Å². The molecule has 0 atom stereocenters. The van der Waals surface area contributed by atoms with E-state index in [4.69, 9.17) is 9.47 Å². The van der Waals surface area contributed by atoms with Crippen LogP contribution in [0.25, 0.3) is 0 Å². The number of anilines is 1. The summed E-state index contributed by atoms with van der Waals surface area (Å²) in [6.07, 6.45) is 1.45. The maximum absolute atomic E-state index is 12.4. The third-order valence-electron chi connectivity index (χ3n) is 3.91. The number of rotatable bonds is 6. The average Bonchev–Trinajstić information content (AvgIpc) is 3.00. The fourth-order valence-electron chi connectivity index (χ4n) is 2.35. The van der Waals surface area contributed by atoms with Gasteiger partial charge >= 0.3 is 6.01 Å². The highest BCUT2D eigenvalue weighted by atomic mass is 32.2. The third-order valence-corrected chi connectivity index (χ3v) is 5.18. The SMILES string of the molecule is COc1nc(CNS(=O)(=O)c2cn(C)c(C)n2)nc(N2CCOCC2)n1. The van der Waals surface area contributed by atoms with Gasteiger partial charge in [0.2, 0.25) is 5.95 Å². The van der Waals surface area contributed by atoms with Crippen molar-refractivity contribution in [1.29, 1.82) is 0 Å². The van der Waals surface area contributed by atoms with Gasteiger partial charge in [-0.1, -0.05) is 0 Å². The molecule has 0 saturated carbocycles. The van der Waals surface area contributed by atoms with Crippen LogP contribution in [0.5, 0.6) is 6.01 Å². The van der Waals surface area contributed by atoms with Crippen LogP contribution < -0.4 is 14.4 Å². The van der Waals surface area contributed by atoms with E-state index in [1.54, 1.807) is 18.5 Å². The molecular weight excluding hydrogens is 362 g/mol. The number of nitrogens with zero attached hydrogens (tertiary/aromatic N) is 6. The van der Waals surface area contributed by atoms with Crippen LogP contribution in [0.1, 0.15) is 11.6 Å². The zero-order valence-electron chi connectivity index (χ0n) is 14.8. The summed E-state index contributed by atoms with van der Waals surface area (Å²) in [5, 5.41) is -0.0491. The first-order valence-electron chi connectivity index (χ1n) is 8.00. The van der Waals surface area contributed by atoms with Crippen LogP contribution in [-0.4, -0.2) is 66.3 Å². The Morgan fingerprint density at radius 1 is 1.23 bits per heavy atom. The smallest absolute Gasteiger partial charge is 0.321 e. The van der Waals surface area contributed by atoms with Gasteiger partial charge in [-0.25, -0.2) is 18.1 Å². The van der Waals surface area contributed by atoms with Crippen molar-refractivity contribution in [3.8, 4) is 6.01 Å². The zero-order chi connectivity index (χ0) is 18.7. The number of methoxy groups -OCH3 is 1. The maximum atomic E-state index is 12.4. The summed E-state index contributed by atoms with van der Waals surface area (Å²) < 4.78 is 39.3. The minimum atomic E-state index is -3.77. The molecule has 3 heterocycles. The number of nitrogens with one attached hydrogen (secondary N) is 1. The maximum Gasteiger partial charge on any atom is 0.321 e. The van der Waals surface area contributed by atoms with Crippen molar-refractivity contribution in [2.45, 2.75) is 18.5 Å². The predicted octanol–water partition coefficient (Wildman–Crippen LogP) is -0.763. The second-order valence-corrected chi connectivity index (χ2v) is 7.41. The minimum absolute atomic E-state index is 0.0491. The molecule has 0 aliphatic carbocycles. The molecule has 1 N–H and O–H groups in total. The molecule has 11 nitrogen and oxygen atoms in total. The first-order valence-corrected chi connectivity index (χ1v) is 9.48. The standard InChI is InChI=1S/C14H21N7O4S/c1-10-16-12(9-20(10)2)26(22,23)15-8-11-17-13(19-14(18-11)24-3)21-4-6-25-7-5-21/h9,15H,4-8H2,1-3H3. The number of hydrogen-bond acceptors (Lipinski definition) is 9. The van der Waals surface area contributed by atoms with Crippen LogP contribution in [0.15, 0.2) is 11.2 Å². The number of aryl methyl sites for hydroxylation is 2. The van der Waals surface area contributed by atoms with Crippen molar-refractivity contribution >= 4 is 16.0 Å². The highest BCUT2D eigenvalue weighted by Gasteiger charge is 2.21. The molecule has 26 heavy (non-hydrogen) atoms. The van der Waals surface area contributed by atoms with Crippen molar-refractivity contribution in [3.05, 3.63) is 17.8 Å². The van der Waals surface area contributed by atoms with E-state index in [1.165, 1.54) is 13.3 Å². The van der Waals surface area contributed by atoms with Crippen LogP contribution in [0.2, 0.25) is 0 Å². The van der Waals surface area contributed by atoms with E-state index in [-0.39, 0.29) is 23.4 Å². The van der Waals surface area contributed by atoms with Gasteiger partial charge in [0.1, 0.15) is 5.82 Å².